The van der Waals surface area contributed by atoms with Gasteiger partial charge in [-0.05, 0) is 24.1 Å². The zero-order valence-corrected chi connectivity index (χ0v) is 10.1. The van der Waals surface area contributed by atoms with Gasteiger partial charge in [0.2, 0.25) is 0 Å². The van der Waals surface area contributed by atoms with Gasteiger partial charge in [0.05, 0.1) is 0 Å². The number of carbonyl (C=O) groups excluding carboxylic acids is 1. The lowest BCUT2D eigenvalue weighted by molar-refractivity contribution is -0.138. The van der Waals surface area contributed by atoms with Crippen molar-refractivity contribution >= 4 is 5.91 Å². The molecule has 1 atom stereocenters. The van der Waals surface area contributed by atoms with Crippen molar-refractivity contribution in [2.45, 2.75) is 12.5 Å². The Balaban J connectivity index is 2.54. The van der Waals surface area contributed by atoms with Crippen LogP contribution < -0.4 is 5.73 Å². The van der Waals surface area contributed by atoms with Crippen LogP contribution in [0.4, 0.5) is 8.78 Å². The van der Waals surface area contributed by atoms with Crippen molar-refractivity contribution in [3.63, 3.8) is 0 Å². The first-order valence-electron chi connectivity index (χ1n) is 5.52. The predicted octanol–water partition coefficient (Wildman–Crippen LogP) is 0.285. The van der Waals surface area contributed by atoms with Crippen molar-refractivity contribution in [1.82, 2.24) is 4.90 Å². The number of nitrogens with zero attached hydrogens (tertiary/aromatic N) is 1. The number of aliphatic hydroxyl groups excluding tert-OH is 1. The second-order valence-corrected chi connectivity index (χ2v) is 4.01. The third kappa shape index (κ3) is 3.75. The molecule has 4 nitrogen and oxygen atoms in total. The fraction of sp³-hybridized carbons (Fsp3) is 0.417. The number of hydrogen-bond donors (Lipinski definition) is 2. The Morgan fingerprint density at radius 2 is 2.11 bits per heavy atom. The van der Waals surface area contributed by atoms with Crippen molar-refractivity contribution in [2.75, 3.05) is 20.1 Å². The SMILES string of the molecule is CN(CCc1ccc(F)c(F)c1)C(=O)C(O)CN. The molecule has 0 saturated carbocycles. The van der Waals surface area contributed by atoms with E-state index in [2.05, 4.69) is 0 Å². The van der Waals surface area contributed by atoms with Gasteiger partial charge in [-0.3, -0.25) is 4.79 Å². The van der Waals surface area contributed by atoms with Gasteiger partial charge >= 0.3 is 0 Å². The van der Waals surface area contributed by atoms with Gasteiger partial charge in [-0.1, -0.05) is 6.07 Å². The minimum atomic E-state index is -1.22. The van der Waals surface area contributed by atoms with Gasteiger partial charge in [0, 0.05) is 20.1 Å². The summed E-state index contributed by atoms with van der Waals surface area (Å²) < 4.78 is 25.6. The minimum Gasteiger partial charge on any atom is -0.382 e. The van der Waals surface area contributed by atoms with Crippen LogP contribution in [-0.4, -0.2) is 42.2 Å². The molecule has 0 radical (unpaired) electrons. The Morgan fingerprint density at radius 1 is 1.44 bits per heavy atom. The van der Waals surface area contributed by atoms with Crippen molar-refractivity contribution in [3.8, 4) is 0 Å². The first kappa shape index (κ1) is 14.5. The van der Waals surface area contributed by atoms with E-state index in [0.29, 0.717) is 18.5 Å². The molecule has 0 aromatic heterocycles. The van der Waals surface area contributed by atoms with Crippen molar-refractivity contribution < 1.29 is 18.7 Å². The first-order chi connectivity index (χ1) is 8.45. The smallest absolute Gasteiger partial charge is 0.252 e. The van der Waals surface area contributed by atoms with Crippen LogP contribution in [0.2, 0.25) is 0 Å². The molecule has 6 heteroatoms. The van der Waals surface area contributed by atoms with E-state index < -0.39 is 23.6 Å². The standard InChI is InChI=1S/C12H16F2N2O2/c1-16(12(18)11(17)7-15)5-4-8-2-3-9(13)10(14)6-8/h2-3,6,11,17H,4-5,7,15H2,1H3. The molecule has 3 N–H and O–H groups in total. The van der Waals surface area contributed by atoms with Gasteiger partial charge < -0.3 is 15.7 Å². The summed E-state index contributed by atoms with van der Waals surface area (Å²) in [6.07, 6.45) is -0.851. The molecule has 0 fully saturated rings. The summed E-state index contributed by atoms with van der Waals surface area (Å²) in [6.45, 7) is 0.148. The highest BCUT2D eigenvalue weighted by atomic mass is 19.2. The van der Waals surface area contributed by atoms with E-state index in [1.165, 1.54) is 18.0 Å². The van der Waals surface area contributed by atoms with Gasteiger partial charge in [0.25, 0.3) is 5.91 Å². The Morgan fingerprint density at radius 3 is 2.67 bits per heavy atom. The third-order valence-electron chi connectivity index (χ3n) is 2.60. The van der Waals surface area contributed by atoms with Crippen molar-refractivity contribution in [3.05, 3.63) is 35.4 Å². The quantitative estimate of drug-likeness (QED) is 0.797. The first-order valence-corrected chi connectivity index (χ1v) is 5.52. The molecule has 0 heterocycles. The van der Waals surface area contributed by atoms with Crippen molar-refractivity contribution in [1.29, 1.82) is 0 Å². The lowest BCUT2D eigenvalue weighted by Gasteiger charge is -2.19. The molecule has 18 heavy (non-hydrogen) atoms. The lowest BCUT2D eigenvalue weighted by Crippen LogP contribution is -2.41. The topological polar surface area (TPSA) is 66.6 Å². The summed E-state index contributed by atoms with van der Waals surface area (Å²) in [5.41, 5.74) is 5.75. The Hall–Kier alpha value is -1.53. The maximum Gasteiger partial charge on any atom is 0.252 e. The zero-order chi connectivity index (χ0) is 13.7. The molecule has 1 unspecified atom stereocenters. The monoisotopic (exact) mass is 258 g/mol. The number of hydrogen-bond acceptors (Lipinski definition) is 3. The summed E-state index contributed by atoms with van der Waals surface area (Å²) in [4.78, 5) is 12.8. The van der Waals surface area contributed by atoms with E-state index >= 15 is 0 Å². The van der Waals surface area contributed by atoms with Gasteiger partial charge in [-0.25, -0.2) is 8.78 Å². The van der Waals surface area contributed by atoms with E-state index in [0.717, 1.165) is 12.1 Å². The third-order valence-corrected chi connectivity index (χ3v) is 2.60. The highest BCUT2D eigenvalue weighted by molar-refractivity contribution is 5.80. The molecule has 0 spiro atoms. The molecule has 1 amide bonds. The summed E-state index contributed by atoms with van der Waals surface area (Å²) in [5, 5.41) is 9.25. The molecule has 100 valence electrons. The second-order valence-electron chi connectivity index (χ2n) is 4.01. The number of aliphatic hydroxyl groups is 1. The van der Waals surface area contributed by atoms with Gasteiger partial charge in [0.1, 0.15) is 6.10 Å². The summed E-state index contributed by atoms with van der Waals surface area (Å²) in [6, 6.07) is 3.59. The van der Waals surface area contributed by atoms with E-state index in [1.54, 1.807) is 0 Å². The summed E-state index contributed by atoms with van der Waals surface area (Å²) in [5.74, 6) is -2.30. The Labute approximate surface area is 104 Å². The summed E-state index contributed by atoms with van der Waals surface area (Å²) in [7, 11) is 1.51. The predicted molar refractivity (Wildman–Crippen MR) is 62.8 cm³/mol. The Kier molecular flexibility index (Phi) is 5.18. The van der Waals surface area contributed by atoms with E-state index in [4.69, 9.17) is 5.73 Å². The minimum absolute atomic E-state index is 0.144. The number of amides is 1. The number of nitrogens with two attached hydrogens (primary N) is 1. The molecule has 0 saturated heterocycles. The van der Waals surface area contributed by atoms with E-state index in [-0.39, 0.29) is 6.54 Å². The molecule has 0 aliphatic heterocycles. The molecular formula is C12H16F2N2O2. The molecule has 0 aliphatic rings. The molecule has 1 rings (SSSR count). The van der Waals surface area contributed by atoms with Crippen LogP contribution in [0.5, 0.6) is 0 Å². The molecular weight excluding hydrogens is 242 g/mol. The highest BCUT2D eigenvalue weighted by Crippen LogP contribution is 2.09. The summed E-state index contributed by atoms with van der Waals surface area (Å²) >= 11 is 0. The van der Waals surface area contributed by atoms with E-state index in [1.807, 2.05) is 0 Å². The zero-order valence-electron chi connectivity index (χ0n) is 10.1. The van der Waals surface area contributed by atoms with Crippen LogP contribution in [0.25, 0.3) is 0 Å². The molecule has 1 aromatic carbocycles. The maximum atomic E-state index is 12.9. The number of benzene rings is 1. The van der Waals surface area contributed by atoms with Crippen molar-refractivity contribution in [2.24, 2.45) is 5.73 Å². The normalized spacial score (nSPS) is 12.3. The number of rotatable bonds is 5. The van der Waals surface area contributed by atoms with Crippen LogP contribution in [0.1, 0.15) is 5.56 Å². The van der Waals surface area contributed by atoms with Crippen LogP contribution in [0.15, 0.2) is 18.2 Å². The number of halogens is 2. The van der Waals surface area contributed by atoms with Crippen LogP contribution >= 0.6 is 0 Å². The molecule has 0 bridgehead atoms. The Bertz CT molecular complexity index is 427. The fourth-order valence-electron chi connectivity index (χ4n) is 1.46. The average Bonchev–Trinajstić information content (AvgIpc) is 2.37. The van der Waals surface area contributed by atoms with Gasteiger partial charge in [-0.2, -0.15) is 0 Å². The average molecular weight is 258 g/mol. The van der Waals surface area contributed by atoms with Crippen LogP contribution in [-0.2, 0) is 11.2 Å². The largest absolute Gasteiger partial charge is 0.382 e. The number of likely N-dealkylation sites (N-methyl/N-ethyl adjacent to an activating group) is 1. The van der Waals surface area contributed by atoms with Crippen LogP contribution in [0, 0.1) is 11.6 Å². The van der Waals surface area contributed by atoms with Gasteiger partial charge in [0.15, 0.2) is 11.6 Å². The van der Waals surface area contributed by atoms with Crippen LogP contribution in [0.3, 0.4) is 0 Å². The maximum absolute atomic E-state index is 12.9. The second kappa shape index (κ2) is 6.42. The molecule has 1 aromatic rings. The highest BCUT2D eigenvalue weighted by Gasteiger charge is 2.17. The lowest BCUT2D eigenvalue weighted by atomic mass is 10.1. The van der Waals surface area contributed by atoms with E-state index in [9.17, 15) is 18.7 Å². The number of carbonyl (C=O) groups is 1. The fourth-order valence-corrected chi connectivity index (χ4v) is 1.46. The molecule has 0 aliphatic carbocycles. The van der Waals surface area contributed by atoms with Gasteiger partial charge in [-0.15, -0.1) is 0 Å².